The molecular weight excluding hydrogens is 264 g/mol. The highest BCUT2D eigenvalue weighted by Crippen LogP contribution is 2.28. The minimum Gasteiger partial charge on any atom is -0.506 e. The summed E-state index contributed by atoms with van der Waals surface area (Å²) in [5.74, 6) is -0.527. The molecule has 7 heteroatoms. The molecular formula is C13H16N2O5. The van der Waals surface area contributed by atoms with E-state index in [0.29, 0.717) is 6.61 Å². The molecule has 1 aromatic carbocycles. The van der Waals surface area contributed by atoms with Crippen LogP contribution in [0.2, 0.25) is 0 Å². The van der Waals surface area contributed by atoms with Gasteiger partial charge in [0.25, 0.3) is 5.69 Å². The van der Waals surface area contributed by atoms with E-state index in [0.717, 1.165) is 25.3 Å². The van der Waals surface area contributed by atoms with Crippen LogP contribution >= 0.6 is 0 Å². The maximum absolute atomic E-state index is 11.8. The van der Waals surface area contributed by atoms with Gasteiger partial charge in [0.1, 0.15) is 5.75 Å². The van der Waals surface area contributed by atoms with Crippen molar-refractivity contribution in [3.8, 4) is 5.75 Å². The van der Waals surface area contributed by atoms with Gasteiger partial charge in [-0.15, -0.1) is 0 Å². The molecule has 0 bridgehead atoms. The summed E-state index contributed by atoms with van der Waals surface area (Å²) in [4.78, 5) is 21.9. The lowest BCUT2D eigenvalue weighted by atomic mass is 10.1. The zero-order chi connectivity index (χ0) is 14.5. The first-order valence-corrected chi connectivity index (χ1v) is 6.45. The van der Waals surface area contributed by atoms with Crippen LogP contribution in [-0.4, -0.2) is 28.6 Å². The zero-order valence-electron chi connectivity index (χ0n) is 10.9. The van der Waals surface area contributed by atoms with Crippen molar-refractivity contribution < 1.29 is 19.6 Å². The van der Waals surface area contributed by atoms with E-state index in [9.17, 15) is 20.0 Å². The SMILES string of the molecule is O=C(CC1CCCCO1)Nc1cc([N+](=O)[O-])ccc1O. The number of nitro groups is 1. The Bertz CT molecular complexity index is 511. The van der Waals surface area contributed by atoms with E-state index in [1.807, 2.05) is 0 Å². The average Bonchev–Trinajstić information content (AvgIpc) is 2.42. The number of aromatic hydroxyl groups is 1. The molecule has 1 saturated heterocycles. The van der Waals surface area contributed by atoms with Crippen LogP contribution in [0.3, 0.4) is 0 Å². The molecule has 0 saturated carbocycles. The predicted octanol–water partition coefficient (Wildman–Crippen LogP) is 2.20. The normalized spacial score (nSPS) is 18.5. The first kappa shape index (κ1) is 14.3. The van der Waals surface area contributed by atoms with Crippen LogP contribution in [0.1, 0.15) is 25.7 Å². The van der Waals surface area contributed by atoms with Gasteiger partial charge in [-0.05, 0) is 25.3 Å². The van der Waals surface area contributed by atoms with Crippen molar-refractivity contribution in [2.75, 3.05) is 11.9 Å². The fraction of sp³-hybridized carbons (Fsp3) is 0.462. The van der Waals surface area contributed by atoms with E-state index in [1.165, 1.54) is 12.1 Å². The van der Waals surface area contributed by atoms with E-state index in [-0.39, 0.29) is 35.6 Å². The highest BCUT2D eigenvalue weighted by atomic mass is 16.6. The number of nitro benzene ring substituents is 1. The van der Waals surface area contributed by atoms with Crippen molar-refractivity contribution in [3.63, 3.8) is 0 Å². The molecule has 1 amide bonds. The van der Waals surface area contributed by atoms with Gasteiger partial charge in [0, 0.05) is 18.7 Å². The minimum absolute atomic E-state index is 0.0417. The van der Waals surface area contributed by atoms with Gasteiger partial charge >= 0.3 is 0 Å². The van der Waals surface area contributed by atoms with Crippen LogP contribution in [-0.2, 0) is 9.53 Å². The Morgan fingerprint density at radius 1 is 1.50 bits per heavy atom. The summed E-state index contributed by atoms with van der Waals surface area (Å²) < 4.78 is 5.45. The van der Waals surface area contributed by atoms with Gasteiger partial charge in [0.05, 0.1) is 23.1 Å². The van der Waals surface area contributed by atoms with Gasteiger partial charge < -0.3 is 15.2 Å². The third kappa shape index (κ3) is 3.67. The van der Waals surface area contributed by atoms with Crippen molar-refractivity contribution >= 4 is 17.3 Å². The number of amides is 1. The zero-order valence-corrected chi connectivity index (χ0v) is 10.9. The molecule has 2 N–H and O–H groups in total. The van der Waals surface area contributed by atoms with Gasteiger partial charge in [0.15, 0.2) is 0 Å². The number of phenols is 1. The van der Waals surface area contributed by atoms with Crippen LogP contribution in [0, 0.1) is 10.1 Å². The molecule has 0 aliphatic carbocycles. The lowest BCUT2D eigenvalue weighted by Gasteiger charge is -2.22. The highest BCUT2D eigenvalue weighted by Gasteiger charge is 2.19. The van der Waals surface area contributed by atoms with Crippen molar-refractivity contribution in [2.45, 2.75) is 31.8 Å². The van der Waals surface area contributed by atoms with Crippen molar-refractivity contribution in [3.05, 3.63) is 28.3 Å². The first-order chi connectivity index (χ1) is 9.56. The molecule has 1 aliphatic rings. The fourth-order valence-electron chi connectivity index (χ4n) is 2.11. The van der Waals surface area contributed by atoms with E-state index < -0.39 is 4.92 Å². The molecule has 0 aromatic heterocycles. The van der Waals surface area contributed by atoms with Gasteiger partial charge in [-0.2, -0.15) is 0 Å². The standard InChI is InChI=1S/C13H16N2O5/c16-12-5-4-9(15(18)19)7-11(12)14-13(17)8-10-3-1-2-6-20-10/h4-5,7,10,16H,1-3,6,8H2,(H,14,17). The molecule has 0 radical (unpaired) electrons. The molecule has 1 unspecified atom stereocenters. The predicted molar refractivity (Wildman–Crippen MR) is 71.6 cm³/mol. The molecule has 1 heterocycles. The molecule has 1 atom stereocenters. The number of carbonyl (C=O) groups excluding carboxylic acids is 1. The lowest BCUT2D eigenvalue weighted by Crippen LogP contribution is -2.25. The molecule has 20 heavy (non-hydrogen) atoms. The van der Waals surface area contributed by atoms with Gasteiger partial charge in [-0.1, -0.05) is 0 Å². The average molecular weight is 280 g/mol. The topological polar surface area (TPSA) is 102 Å². The molecule has 7 nitrogen and oxygen atoms in total. The lowest BCUT2D eigenvalue weighted by molar-refractivity contribution is -0.384. The Morgan fingerprint density at radius 3 is 2.95 bits per heavy atom. The molecule has 108 valence electrons. The van der Waals surface area contributed by atoms with E-state index in [4.69, 9.17) is 4.74 Å². The monoisotopic (exact) mass is 280 g/mol. The van der Waals surface area contributed by atoms with Crippen LogP contribution in [0.25, 0.3) is 0 Å². The van der Waals surface area contributed by atoms with Crippen molar-refractivity contribution in [1.82, 2.24) is 0 Å². The summed E-state index contributed by atoms with van der Waals surface area (Å²) in [5, 5.41) is 22.7. The van der Waals surface area contributed by atoms with Gasteiger partial charge in [-0.25, -0.2) is 0 Å². The van der Waals surface area contributed by atoms with Gasteiger partial charge in [-0.3, -0.25) is 14.9 Å². The summed E-state index contributed by atoms with van der Waals surface area (Å²) in [7, 11) is 0. The number of hydrogen-bond acceptors (Lipinski definition) is 5. The highest BCUT2D eigenvalue weighted by molar-refractivity contribution is 5.92. The number of phenolic OH excluding ortho intramolecular Hbond substituents is 1. The number of non-ortho nitro benzene ring substituents is 1. The molecule has 1 aromatic rings. The number of rotatable bonds is 4. The Morgan fingerprint density at radius 2 is 2.30 bits per heavy atom. The van der Waals surface area contributed by atoms with E-state index in [2.05, 4.69) is 5.32 Å². The summed E-state index contributed by atoms with van der Waals surface area (Å²) in [6.45, 7) is 0.653. The summed E-state index contributed by atoms with van der Waals surface area (Å²) in [5.41, 5.74) is -0.146. The van der Waals surface area contributed by atoms with Crippen molar-refractivity contribution in [2.24, 2.45) is 0 Å². The fourth-order valence-corrected chi connectivity index (χ4v) is 2.11. The number of hydrogen-bond donors (Lipinski definition) is 2. The second-order valence-corrected chi connectivity index (χ2v) is 4.70. The number of nitrogens with zero attached hydrogens (tertiary/aromatic N) is 1. The Labute approximate surface area is 115 Å². The Hall–Kier alpha value is -2.15. The van der Waals surface area contributed by atoms with Crippen LogP contribution < -0.4 is 5.32 Å². The summed E-state index contributed by atoms with van der Waals surface area (Å²) >= 11 is 0. The molecule has 2 rings (SSSR count). The van der Waals surface area contributed by atoms with Crippen molar-refractivity contribution in [1.29, 1.82) is 0 Å². The Kier molecular flexibility index (Phi) is 4.52. The molecule has 0 spiro atoms. The second kappa shape index (κ2) is 6.33. The van der Waals surface area contributed by atoms with Crippen LogP contribution in [0.5, 0.6) is 5.75 Å². The third-order valence-electron chi connectivity index (χ3n) is 3.15. The second-order valence-electron chi connectivity index (χ2n) is 4.70. The number of anilines is 1. The Balaban J connectivity index is 1.99. The minimum atomic E-state index is -0.584. The smallest absolute Gasteiger partial charge is 0.271 e. The molecule has 1 fully saturated rings. The third-order valence-corrected chi connectivity index (χ3v) is 3.15. The maximum Gasteiger partial charge on any atom is 0.271 e. The summed E-state index contributed by atoms with van der Waals surface area (Å²) in [6.07, 6.45) is 2.92. The largest absolute Gasteiger partial charge is 0.506 e. The number of ether oxygens (including phenoxy) is 1. The van der Waals surface area contributed by atoms with E-state index in [1.54, 1.807) is 0 Å². The first-order valence-electron chi connectivity index (χ1n) is 6.45. The quantitative estimate of drug-likeness (QED) is 0.500. The van der Waals surface area contributed by atoms with E-state index >= 15 is 0 Å². The number of benzene rings is 1. The maximum atomic E-state index is 11.8. The van der Waals surface area contributed by atoms with Crippen LogP contribution in [0.4, 0.5) is 11.4 Å². The number of nitrogens with one attached hydrogen (secondary N) is 1. The molecule has 1 aliphatic heterocycles. The van der Waals surface area contributed by atoms with Gasteiger partial charge in [0.2, 0.25) is 5.91 Å². The summed E-state index contributed by atoms with van der Waals surface area (Å²) in [6, 6.07) is 3.50. The number of carbonyl (C=O) groups is 1. The van der Waals surface area contributed by atoms with Crippen LogP contribution in [0.15, 0.2) is 18.2 Å².